The summed E-state index contributed by atoms with van der Waals surface area (Å²) in [5, 5.41) is 3.87. The summed E-state index contributed by atoms with van der Waals surface area (Å²) in [6.07, 6.45) is 4.28. The van der Waals surface area contributed by atoms with Crippen LogP contribution in [0.5, 0.6) is 0 Å². The van der Waals surface area contributed by atoms with Crippen LogP contribution < -0.4 is 5.32 Å². The van der Waals surface area contributed by atoms with Crippen molar-refractivity contribution in [2.75, 3.05) is 11.1 Å². The Hall–Kier alpha value is -2.40. The molecule has 1 N–H and O–H groups in total. The van der Waals surface area contributed by atoms with Gasteiger partial charge in [-0.1, -0.05) is 66.2 Å². The SMILES string of the molecule is Cc1ccc(NC(=O)CSC2=NC3(CCC(C)CC3)N=C2c2ccc(C)cc2)cc1. The number of hydrogen-bond donors (Lipinski definition) is 1. The summed E-state index contributed by atoms with van der Waals surface area (Å²) in [6.45, 7) is 6.43. The van der Waals surface area contributed by atoms with Crippen molar-refractivity contribution in [3.05, 3.63) is 65.2 Å². The molecule has 156 valence electrons. The van der Waals surface area contributed by atoms with E-state index < -0.39 is 0 Å². The average molecular weight is 420 g/mol. The number of amides is 1. The molecule has 1 saturated carbocycles. The Labute approximate surface area is 183 Å². The second-order valence-electron chi connectivity index (χ2n) is 8.61. The first-order valence-electron chi connectivity index (χ1n) is 10.7. The number of nitrogens with one attached hydrogen (secondary N) is 1. The van der Waals surface area contributed by atoms with Crippen LogP contribution in [0.25, 0.3) is 0 Å². The van der Waals surface area contributed by atoms with Crippen molar-refractivity contribution in [2.45, 2.75) is 52.1 Å². The van der Waals surface area contributed by atoms with Gasteiger partial charge in [-0.2, -0.15) is 0 Å². The molecule has 5 heteroatoms. The van der Waals surface area contributed by atoms with Gasteiger partial charge in [0, 0.05) is 11.3 Å². The first kappa shape index (κ1) is 20.9. The minimum atomic E-state index is -0.331. The summed E-state index contributed by atoms with van der Waals surface area (Å²) < 4.78 is 0. The molecule has 0 radical (unpaired) electrons. The number of nitrogens with zero attached hydrogens (tertiary/aromatic N) is 2. The molecule has 4 nitrogen and oxygen atoms in total. The van der Waals surface area contributed by atoms with Crippen LogP contribution in [0.3, 0.4) is 0 Å². The summed E-state index contributed by atoms with van der Waals surface area (Å²) in [4.78, 5) is 22.7. The van der Waals surface area contributed by atoms with Gasteiger partial charge in [0.05, 0.1) is 11.5 Å². The highest BCUT2D eigenvalue weighted by molar-refractivity contribution is 8.16. The summed E-state index contributed by atoms with van der Waals surface area (Å²) in [5.41, 5.74) is 4.92. The zero-order chi connectivity index (χ0) is 21.1. The molecular formula is C25H29N3OS. The van der Waals surface area contributed by atoms with Crippen LogP contribution in [-0.2, 0) is 4.79 Å². The minimum Gasteiger partial charge on any atom is -0.325 e. The Bertz CT molecular complexity index is 968. The predicted octanol–water partition coefficient (Wildman–Crippen LogP) is 5.78. The molecule has 0 atom stereocenters. The van der Waals surface area contributed by atoms with E-state index >= 15 is 0 Å². The van der Waals surface area contributed by atoms with Gasteiger partial charge < -0.3 is 5.32 Å². The summed E-state index contributed by atoms with van der Waals surface area (Å²) in [5.74, 6) is 1.04. The van der Waals surface area contributed by atoms with Gasteiger partial charge in [-0.15, -0.1) is 0 Å². The Morgan fingerprint density at radius 2 is 1.60 bits per heavy atom. The molecule has 30 heavy (non-hydrogen) atoms. The number of rotatable bonds is 4. The van der Waals surface area contributed by atoms with Crippen LogP contribution in [0.2, 0.25) is 0 Å². The van der Waals surface area contributed by atoms with Crippen molar-refractivity contribution in [2.24, 2.45) is 15.9 Å². The van der Waals surface area contributed by atoms with Gasteiger partial charge in [0.1, 0.15) is 5.04 Å². The van der Waals surface area contributed by atoms with E-state index in [4.69, 9.17) is 9.98 Å². The minimum absolute atomic E-state index is 0.0203. The van der Waals surface area contributed by atoms with Crippen LogP contribution in [0, 0.1) is 19.8 Å². The molecule has 1 amide bonds. The smallest absolute Gasteiger partial charge is 0.234 e. The van der Waals surface area contributed by atoms with Gasteiger partial charge in [0.25, 0.3) is 0 Å². The zero-order valence-corrected chi connectivity index (χ0v) is 18.8. The second-order valence-corrected chi connectivity index (χ2v) is 9.58. The molecule has 2 aromatic rings. The quantitative estimate of drug-likeness (QED) is 0.683. The number of hydrogen-bond acceptors (Lipinski definition) is 4. The van der Waals surface area contributed by atoms with E-state index in [1.807, 2.05) is 31.2 Å². The molecule has 0 unspecified atom stereocenters. The molecule has 1 aliphatic carbocycles. The lowest BCUT2D eigenvalue weighted by Crippen LogP contribution is -2.28. The number of benzene rings is 2. The van der Waals surface area contributed by atoms with E-state index in [9.17, 15) is 4.79 Å². The van der Waals surface area contributed by atoms with Crippen LogP contribution in [-0.4, -0.2) is 28.1 Å². The highest BCUT2D eigenvalue weighted by Crippen LogP contribution is 2.40. The first-order valence-corrected chi connectivity index (χ1v) is 11.7. The van der Waals surface area contributed by atoms with Crippen molar-refractivity contribution in [3.8, 4) is 0 Å². The van der Waals surface area contributed by atoms with Gasteiger partial charge in [-0.05, 0) is 57.6 Å². The van der Waals surface area contributed by atoms with Crippen molar-refractivity contribution in [3.63, 3.8) is 0 Å². The fourth-order valence-corrected chi connectivity index (χ4v) is 4.81. The van der Waals surface area contributed by atoms with Crippen molar-refractivity contribution in [1.29, 1.82) is 0 Å². The lowest BCUT2D eigenvalue weighted by molar-refractivity contribution is -0.113. The normalized spacial score (nSPS) is 23.2. The maximum atomic E-state index is 12.5. The summed E-state index contributed by atoms with van der Waals surface area (Å²) >= 11 is 1.50. The van der Waals surface area contributed by atoms with E-state index in [-0.39, 0.29) is 11.6 Å². The third-order valence-electron chi connectivity index (χ3n) is 5.91. The standard InChI is InChI=1S/C25H29N3OS/c1-17-4-8-20(9-5-17)23-24(28-25(27-23)14-12-19(3)13-15-25)30-16-22(29)26-21-10-6-18(2)7-11-21/h4-11,19H,12-16H2,1-3H3,(H,26,29). The summed E-state index contributed by atoms with van der Waals surface area (Å²) in [6, 6.07) is 16.3. The lowest BCUT2D eigenvalue weighted by atomic mass is 9.83. The van der Waals surface area contributed by atoms with Gasteiger partial charge in [0.2, 0.25) is 5.91 Å². The lowest BCUT2D eigenvalue weighted by Gasteiger charge is -2.30. The number of aryl methyl sites for hydroxylation is 2. The molecule has 0 saturated heterocycles. The van der Waals surface area contributed by atoms with Crippen LogP contribution in [0.4, 0.5) is 5.69 Å². The molecule has 1 heterocycles. The van der Waals surface area contributed by atoms with Crippen LogP contribution >= 0.6 is 11.8 Å². The van der Waals surface area contributed by atoms with E-state index in [2.05, 4.69) is 43.4 Å². The van der Waals surface area contributed by atoms with Crippen molar-refractivity contribution in [1.82, 2.24) is 0 Å². The van der Waals surface area contributed by atoms with E-state index in [0.717, 1.165) is 53.6 Å². The number of thioether (sulfide) groups is 1. The Morgan fingerprint density at radius 1 is 1.00 bits per heavy atom. The average Bonchev–Trinajstić information content (AvgIpc) is 3.09. The van der Waals surface area contributed by atoms with Crippen LogP contribution in [0.15, 0.2) is 58.5 Å². The third-order valence-corrected chi connectivity index (χ3v) is 6.87. The largest absolute Gasteiger partial charge is 0.325 e. The highest BCUT2D eigenvalue weighted by atomic mass is 32.2. The molecule has 1 spiro atoms. The number of carbonyl (C=O) groups excluding carboxylic acids is 1. The van der Waals surface area contributed by atoms with E-state index in [1.165, 1.54) is 22.9 Å². The predicted molar refractivity (Wildman–Crippen MR) is 128 cm³/mol. The third kappa shape index (κ3) is 4.84. The van der Waals surface area contributed by atoms with Crippen molar-refractivity contribution < 1.29 is 4.79 Å². The number of carbonyl (C=O) groups is 1. The monoisotopic (exact) mass is 419 g/mol. The fraction of sp³-hybridized carbons (Fsp3) is 0.400. The van der Waals surface area contributed by atoms with Crippen LogP contribution in [0.1, 0.15) is 49.3 Å². The van der Waals surface area contributed by atoms with Gasteiger partial charge in [0.15, 0.2) is 5.66 Å². The molecule has 0 aromatic heterocycles. The molecular weight excluding hydrogens is 390 g/mol. The Morgan fingerprint density at radius 3 is 2.23 bits per heavy atom. The molecule has 1 aliphatic heterocycles. The van der Waals surface area contributed by atoms with E-state index in [0.29, 0.717) is 5.75 Å². The van der Waals surface area contributed by atoms with Gasteiger partial charge in [-0.25, -0.2) is 4.99 Å². The van der Waals surface area contributed by atoms with Crippen molar-refractivity contribution >= 4 is 34.1 Å². The molecule has 1 fully saturated rings. The van der Waals surface area contributed by atoms with Gasteiger partial charge >= 0.3 is 0 Å². The topological polar surface area (TPSA) is 53.8 Å². The molecule has 0 bridgehead atoms. The van der Waals surface area contributed by atoms with E-state index in [1.54, 1.807) is 0 Å². The second kappa shape index (κ2) is 8.76. The fourth-order valence-electron chi connectivity index (χ4n) is 3.94. The Kier molecular flexibility index (Phi) is 6.09. The molecule has 2 aliphatic rings. The maximum Gasteiger partial charge on any atom is 0.234 e. The molecule has 2 aromatic carbocycles. The Balaban J connectivity index is 1.50. The zero-order valence-electron chi connectivity index (χ0n) is 17.9. The van der Waals surface area contributed by atoms with Gasteiger partial charge in [-0.3, -0.25) is 9.79 Å². The first-order chi connectivity index (χ1) is 14.4. The molecule has 4 rings (SSSR count). The highest BCUT2D eigenvalue weighted by Gasteiger charge is 2.39. The maximum absolute atomic E-state index is 12.5. The number of anilines is 1. The summed E-state index contributed by atoms with van der Waals surface area (Å²) in [7, 11) is 0. The number of aliphatic imine (C=N–C) groups is 2.